The van der Waals surface area contributed by atoms with Crippen molar-refractivity contribution in [2.75, 3.05) is 33.1 Å². The molecule has 0 spiro atoms. The maximum Gasteiger partial charge on any atom is 0.311 e. The lowest BCUT2D eigenvalue weighted by atomic mass is 10.1. The Labute approximate surface area is 78.5 Å². The molecule has 0 aromatic heterocycles. The molecule has 0 aromatic rings. The lowest BCUT2D eigenvalue weighted by Gasteiger charge is -2.30. The number of hydrogen-bond acceptors (Lipinski definition) is 1. The third-order valence-corrected chi connectivity index (χ3v) is 2.05. The molecule has 0 radical (unpaired) electrons. The maximum atomic E-state index is 10.5. The molecule has 0 heterocycles. The zero-order valence-electron chi connectivity index (χ0n) is 7.88. The van der Waals surface area contributed by atoms with Crippen LogP contribution in [0.2, 0.25) is 0 Å². The summed E-state index contributed by atoms with van der Waals surface area (Å²) in [5.74, 6) is -0.474. The number of carboxylic acid groups (broad SMARTS) is 1. The molecular weight excluding hydrogens is 178 g/mol. The Kier molecular flexibility index (Phi) is 4.57. The van der Waals surface area contributed by atoms with E-state index in [1.54, 1.807) is 6.92 Å². The van der Waals surface area contributed by atoms with Crippen LogP contribution in [0.25, 0.3) is 0 Å². The van der Waals surface area contributed by atoms with E-state index in [4.69, 9.17) is 16.7 Å². The lowest BCUT2D eigenvalue weighted by Crippen LogP contribution is -2.45. The Morgan fingerprint density at radius 1 is 1.58 bits per heavy atom. The van der Waals surface area contributed by atoms with E-state index < -0.39 is 5.97 Å². The predicted octanol–water partition coefficient (Wildman–Crippen LogP) is 1.02. The first-order chi connectivity index (χ1) is 5.39. The molecule has 0 aliphatic carbocycles. The van der Waals surface area contributed by atoms with Crippen molar-refractivity contribution < 1.29 is 14.4 Å². The van der Waals surface area contributed by atoms with E-state index in [-0.39, 0.29) is 5.92 Å². The number of alkyl halides is 1. The molecule has 0 saturated heterocycles. The van der Waals surface area contributed by atoms with Gasteiger partial charge in [-0.25, -0.2) is 0 Å². The second-order valence-electron chi connectivity index (χ2n) is 3.77. The highest BCUT2D eigenvalue weighted by Gasteiger charge is 2.22. The summed E-state index contributed by atoms with van der Waals surface area (Å²) in [6, 6.07) is 0. The number of carboxylic acids is 1. The summed E-state index contributed by atoms with van der Waals surface area (Å²) in [7, 11) is 3.98. The largest absolute Gasteiger partial charge is 0.481 e. The van der Waals surface area contributed by atoms with Crippen LogP contribution in [0.3, 0.4) is 0 Å². The Hall–Kier alpha value is -0.280. The van der Waals surface area contributed by atoms with Crippen molar-refractivity contribution in [3.8, 4) is 0 Å². The molecule has 1 unspecified atom stereocenters. The molecule has 12 heavy (non-hydrogen) atoms. The summed E-state index contributed by atoms with van der Waals surface area (Å²) in [4.78, 5) is 10.5. The molecule has 0 amide bonds. The monoisotopic (exact) mass is 194 g/mol. The molecule has 0 aliphatic rings. The second-order valence-corrected chi connectivity index (χ2v) is 4.15. The zero-order valence-corrected chi connectivity index (χ0v) is 8.64. The minimum atomic E-state index is -0.740. The summed E-state index contributed by atoms with van der Waals surface area (Å²) < 4.78 is 0.664. The normalized spacial score (nSPS) is 14.3. The zero-order chi connectivity index (χ0) is 9.78. The molecule has 0 fully saturated rings. The van der Waals surface area contributed by atoms with Crippen molar-refractivity contribution in [1.29, 1.82) is 0 Å². The van der Waals surface area contributed by atoms with Crippen LogP contribution in [-0.4, -0.2) is 48.6 Å². The predicted molar refractivity (Wildman–Crippen MR) is 49.4 cm³/mol. The number of quaternary nitrogens is 1. The van der Waals surface area contributed by atoms with Gasteiger partial charge in [0.05, 0.1) is 33.1 Å². The van der Waals surface area contributed by atoms with Crippen molar-refractivity contribution in [3.63, 3.8) is 0 Å². The second kappa shape index (κ2) is 4.67. The summed E-state index contributed by atoms with van der Waals surface area (Å²) in [6.07, 6.45) is 0. The van der Waals surface area contributed by atoms with E-state index >= 15 is 0 Å². The number of hydrogen-bond donors (Lipinski definition) is 1. The van der Waals surface area contributed by atoms with Crippen molar-refractivity contribution in [2.24, 2.45) is 5.92 Å². The van der Waals surface area contributed by atoms with Gasteiger partial charge in [-0.3, -0.25) is 4.79 Å². The Balaban J connectivity index is 3.95. The average molecular weight is 195 g/mol. The van der Waals surface area contributed by atoms with E-state index in [2.05, 4.69) is 0 Å². The first-order valence-corrected chi connectivity index (χ1v) is 4.53. The molecule has 0 saturated carbocycles. The summed E-state index contributed by atoms with van der Waals surface area (Å²) in [5, 5.41) is 8.67. The van der Waals surface area contributed by atoms with Crippen molar-refractivity contribution in [3.05, 3.63) is 0 Å². The van der Waals surface area contributed by atoms with Crippen LogP contribution in [0.5, 0.6) is 0 Å². The minimum absolute atomic E-state index is 0.303. The van der Waals surface area contributed by atoms with Crippen LogP contribution in [0, 0.1) is 5.92 Å². The van der Waals surface area contributed by atoms with Crippen LogP contribution < -0.4 is 0 Å². The Morgan fingerprint density at radius 2 is 2.08 bits per heavy atom. The number of aliphatic carboxylic acids is 1. The van der Waals surface area contributed by atoms with Gasteiger partial charge in [-0.2, -0.15) is 0 Å². The molecule has 0 aliphatic heterocycles. The van der Waals surface area contributed by atoms with Crippen LogP contribution >= 0.6 is 11.6 Å². The fourth-order valence-corrected chi connectivity index (χ4v) is 1.60. The highest BCUT2D eigenvalue weighted by molar-refractivity contribution is 6.17. The topological polar surface area (TPSA) is 37.3 Å². The molecule has 72 valence electrons. The molecule has 4 heteroatoms. The minimum Gasteiger partial charge on any atom is -0.481 e. The first kappa shape index (κ1) is 11.7. The molecule has 1 atom stereocenters. The highest BCUT2D eigenvalue weighted by atomic mass is 35.5. The molecular formula is C8H17ClNO2+. The SMILES string of the molecule is CC(C[N+](C)(C)CCCl)C(=O)O. The average Bonchev–Trinajstić information content (AvgIpc) is 1.85. The van der Waals surface area contributed by atoms with Crippen molar-refractivity contribution >= 4 is 17.6 Å². The van der Waals surface area contributed by atoms with Gasteiger partial charge in [-0.05, 0) is 6.92 Å². The smallest absolute Gasteiger partial charge is 0.311 e. The number of rotatable bonds is 5. The van der Waals surface area contributed by atoms with Gasteiger partial charge in [0.25, 0.3) is 0 Å². The van der Waals surface area contributed by atoms with Crippen LogP contribution in [0.15, 0.2) is 0 Å². The maximum absolute atomic E-state index is 10.5. The molecule has 0 bridgehead atoms. The molecule has 3 nitrogen and oxygen atoms in total. The fourth-order valence-electron chi connectivity index (χ4n) is 1.14. The van der Waals surface area contributed by atoms with Crippen LogP contribution in [0.1, 0.15) is 6.92 Å². The summed E-state index contributed by atoms with van der Waals surface area (Å²) >= 11 is 5.59. The van der Waals surface area contributed by atoms with E-state index in [1.165, 1.54) is 0 Å². The Bertz CT molecular complexity index is 159. The van der Waals surface area contributed by atoms with Gasteiger partial charge in [0.1, 0.15) is 5.92 Å². The number of carbonyl (C=O) groups is 1. The summed E-state index contributed by atoms with van der Waals surface area (Å²) in [5.41, 5.74) is 0. The third-order valence-electron chi connectivity index (χ3n) is 1.88. The molecule has 0 rings (SSSR count). The van der Waals surface area contributed by atoms with Gasteiger partial charge in [0.15, 0.2) is 0 Å². The molecule has 1 N–H and O–H groups in total. The number of halogens is 1. The highest BCUT2D eigenvalue weighted by Crippen LogP contribution is 2.05. The van der Waals surface area contributed by atoms with Crippen LogP contribution in [-0.2, 0) is 4.79 Å². The third kappa shape index (κ3) is 4.57. The van der Waals surface area contributed by atoms with Crippen molar-refractivity contribution in [1.82, 2.24) is 0 Å². The van der Waals surface area contributed by atoms with Crippen LogP contribution in [0.4, 0.5) is 0 Å². The lowest BCUT2D eigenvalue weighted by molar-refractivity contribution is -0.890. The summed E-state index contributed by atoms with van der Waals surface area (Å²) in [6.45, 7) is 3.15. The van der Waals surface area contributed by atoms with Gasteiger partial charge in [0, 0.05) is 0 Å². The van der Waals surface area contributed by atoms with Gasteiger partial charge >= 0.3 is 5.97 Å². The van der Waals surface area contributed by atoms with Gasteiger partial charge < -0.3 is 9.59 Å². The van der Waals surface area contributed by atoms with E-state index in [1.807, 2.05) is 14.1 Å². The standard InChI is InChI=1S/C8H16ClNO2/c1-7(8(11)12)6-10(2,3)5-4-9/h7H,4-6H2,1-3H3/p+1. The van der Waals surface area contributed by atoms with E-state index in [0.717, 1.165) is 6.54 Å². The fraction of sp³-hybridized carbons (Fsp3) is 0.875. The van der Waals surface area contributed by atoms with E-state index in [9.17, 15) is 4.79 Å². The van der Waals surface area contributed by atoms with Crippen molar-refractivity contribution in [2.45, 2.75) is 6.92 Å². The van der Waals surface area contributed by atoms with Gasteiger partial charge in [-0.15, -0.1) is 11.6 Å². The van der Waals surface area contributed by atoms with Gasteiger partial charge in [-0.1, -0.05) is 0 Å². The Morgan fingerprint density at radius 3 is 2.42 bits per heavy atom. The number of nitrogens with zero attached hydrogens (tertiary/aromatic N) is 1. The first-order valence-electron chi connectivity index (χ1n) is 4.00. The molecule has 0 aromatic carbocycles. The van der Waals surface area contributed by atoms with Gasteiger partial charge in [0.2, 0.25) is 0 Å². The quantitative estimate of drug-likeness (QED) is 0.524. The van der Waals surface area contributed by atoms with E-state index in [0.29, 0.717) is 16.9 Å².